The molecule has 0 radical (unpaired) electrons. The molecule has 0 unspecified atom stereocenters. The molecule has 0 fully saturated rings. The highest BCUT2D eigenvalue weighted by Crippen LogP contribution is 2.37. The fraction of sp³-hybridized carbons (Fsp3) is 0. The molecule has 3 aromatic heterocycles. The summed E-state index contributed by atoms with van der Waals surface area (Å²) in [6, 6.07) is 57.5. The second-order valence-electron chi connectivity index (χ2n) is 13.5. The van der Waals surface area contributed by atoms with Gasteiger partial charge in [-0.1, -0.05) is 133 Å². The largest absolute Gasteiger partial charge is 0.456 e. The Morgan fingerprint density at radius 1 is 0.316 bits per heavy atom. The second kappa shape index (κ2) is 14.3. The molecular formula is C49H29N7O. The SMILES string of the molecule is [C-]#[N+]c1cc(-c2ccc3oc4cc(-c5nc(-c6ccccc6)nc(-c6ccccc6)n5)ccc4c3c2)cc(-c2nc(-c3ccccc3)nc(-c3ccccc3)n2)c1. The van der Waals surface area contributed by atoms with E-state index in [9.17, 15) is 0 Å². The second-order valence-corrected chi connectivity index (χ2v) is 13.5. The molecule has 0 amide bonds. The van der Waals surface area contributed by atoms with Gasteiger partial charge >= 0.3 is 0 Å². The number of hydrogen-bond donors (Lipinski definition) is 0. The van der Waals surface area contributed by atoms with Crippen molar-refractivity contribution in [1.82, 2.24) is 29.9 Å². The van der Waals surface area contributed by atoms with Crippen LogP contribution < -0.4 is 0 Å². The molecule has 0 bridgehead atoms. The molecule has 8 heteroatoms. The normalized spacial score (nSPS) is 11.1. The van der Waals surface area contributed by atoms with Crippen LogP contribution in [0.3, 0.4) is 0 Å². The van der Waals surface area contributed by atoms with E-state index < -0.39 is 0 Å². The summed E-state index contributed by atoms with van der Waals surface area (Å²) in [7, 11) is 0. The minimum absolute atomic E-state index is 0.481. The van der Waals surface area contributed by atoms with Crippen molar-refractivity contribution in [2.45, 2.75) is 0 Å². The molecule has 7 aromatic carbocycles. The monoisotopic (exact) mass is 731 g/mol. The molecule has 266 valence electrons. The zero-order valence-corrected chi connectivity index (χ0v) is 30.3. The van der Waals surface area contributed by atoms with Gasteiger partial charge in [0.15, 0.2) is 40.6 Å². The minimum atomic E-state index is 0.481. The zero-order chi connectivity index (χ0) is 38.1. The molecule has 0 saturated carbocycles. The summed E-state index contributed by atoms with van der Waals surface area (Å²) in [5.74, 6) is 3.35. The first-order chi connectivity index (χ1) is 28.1. The Labute approximate surface area is 327 Å². The highest BCUT2D eigenvalue weighted by atomic mass is 16.3. The van der Waals surface area contributed by atoms with E-state index in [2.05, 4.69) is 17.0 Å². The first kappa shape index (κ1) is 33.4. The number of furan rings is 1. The molecule has 0 N–H and O–H groups in total. The first-order valence-corrected chi connectivity index (χ1v) is 18.4. The summed E-state index contributed by atoms with van der Waals surface area (Å²) in [6.07, 6.45) is 0. The first-order valence-electron chi connectivity index (χ1n) is 18.4. The van der Waals surface area contributed by atoms with Crippen LogP contribution in [0.25, 0.3) is 106 Å². The third-order valence-corrected chi connectivity index (χ3v) is 9.77. The van der Waals surface area contributed by atoms with Gasteiger partial charge in [0, 0.05) is 44.2 Å². The van der Waals surface area contributed by atoms with Gasteiger partial charge < -0.3 is 4.42 Å². The van der Waals surface area contributed by atoms with Gasteiger partial charge in [0.2, 0.25) is 0 Å². The van der Waals surface area contributed by atoms with Crippen molar-refractivity contribution in [3.05, 3.63) is 187 Å². The van der Waals surface area contributed by atoms with E-state index >= 15 is 0 Å². The Morgan fingerprint density at radius 3 is 1.21 bits per heavy atom. The molecule has 10 aromatic rings. The van der Waals surface area contributed by atoms with E-state index in [0.717, 1.165) is 60.9 Å². The van der Waals surface area contributed by atoms with E-state index in [1.54, 1.807) is 0 Å². The number of nitrogens with zero attached hydrogens (tertiary/aromatic N) is 7. The molecule has 8 nitrogen and oxygen atoms in total. The van der Waals surface area contributed by atoms with E-state index in [-0.39, 0.29) is 0 Å². The smallest absolute Gasteiger partial charge is 0.188 e. The lowest BCUT2D eigenvalue weighted by molar-refractivity contribution is 0.669. The maximum absolute atomic E-state index is 7.99. The van der Waals surface area contributed by atoms with Crippen molar-refractivity contribution in [1.29, 1.82) is 0 Å². The average Bonchev–Trinajstić information content (AvgIpc) is 3.67. The van der Waals surface area contributed by atoms with E-state index in [0.29, 0.717) is 46.2 Å². The Morgan fingerprint density at radius 2 is 0.737 bits per heavy atom. The Kier molecular flexibility index (Phi) is 8.36. The van der Waals surface area contributed by atoms with Gasteiger partial charge in [0.25, 0.3) is 0 Å². The van der Waals surface area contributed by atoms with Crippen LogP contribution >= 0.6 is 0 Å². The summed E-state index contributed by atoms with van der Waals surface area (Å²) in [4.78, 5) is 33.2. The highest BCUT2D eigenvalue weighted by molar-refractivity contribution is 6.07. The Bertz CT molecular complexity index is 3010. The fourth-order valence-corrected chi connectivity index (χ4v) is 6.94. The fourth-order valence-electron chi connectivity index (χ4n) is 6.94. The minimum Gasteiger partial charge on any atom is -0.456 e. The van der Waals surface area contributed by atoms with E-state index in [1.165, 1.54) is 0 Å². The van der Waals surface area contributed by atoms with Crippen LogP contribution in [0.4, 0.5) is 5.69 Å². The van der Waals surface area contributed by atoms with Crippen molar-refractivity contribution in [3.8, 4) is 79.5 Å². The van der Waals surface area contributed by atoms with Crippen LogP contribution in [0.1, 0.15) is 0 Å². The van der Waals surface area contributed by atoms with Gasteiger partial charge in [-0.05, 0) is 53.6 Å². The predicted octanol–water partition coefficient (Wildman–Crippen LogP) is 12.2. The number of benzene rings is 7. The maximum atomic E-state index is 7.99. The number of fused-ring (bicyclic) bond motifs is 3. The summed E-state index contributed by atoms with van der Waals surface area (Å²) in [5.41, 5.74) is 8.84. The molecule has 0 aliphatic heterocycles. The van der Waals surface area contributed by atoms with Crippen molar-refractivity contribution in [2.75, 3.05) is 0 Å². The van der Waals surface area contributed by atoms with Crippen LogP contribution in [0.5, 0.6) is 0 Å². The lowest BCUT2D eigenvalue weighted by atomic mass is 9.99. The van der Waals surface area contributed by atoms with E-state index in [1.807, 2.05) is 164 Å². The van der Waals surface area contributed by atoms with Crippen LogP contribution in [0.2, 0.25) is 0 Å². The molecule has 10 rings (SSSR count). The lowest BCUT2D eigenvalue weighted by Gasteiger charge is -2.10. The average molecular weight is 732 g/mol. The molecule has 0 saturated heterocycles. The topological polar surface area (TPSA) is 94.8 Å². The van der Waals surface area contributed by atoms with E-state index in [4.69, 9.17) is 40.9 Å². The summed E-state index contributed by atoms with van der Waals surface area (Å²) in [6.45, 7) is 7.99. The Hall–Kier alpha value is -8.15. The molecule has 0 aliphatic rings. The quantitative estimate of drug-likeness (QED) is 0.151. The summed E-state index contributed by atoms with van der Waals surface area (Å²) in [5, 5.41) is 1.91. The van der Waals surface area contributed by atoms with Gasteiger partial charge in [-0.3, -0.25) is 0 Å². The molecule has 0 spiro atoms. The standard InChI is InChI=1S/C49H29N7O/c1-50-39-27-37(26-38(28-39)49-55-46(33-18-10-4-11-19-33)52-47(56-49)34-20-12-5-13-21-34)35-23-25-42-41(29-35)40-24-22-36(30-43(40)57-42)48-53-44(31-14-6-2-7-15-31)51-45(54-48)32-16-8-3-9-17-32/h2-30H. The van der Waals surface area contributed by atoms with Crippen LogP contribution in [0, 0.1) is 6.57 Å². The van der Waals surface area contributed by atoms with Crippen LogP contribution in [0.15, 0.2) is 180 Å². The lowest BCUT2D eigenvalue weighted by Crippen LogP contribution is -2.00. The van der Waals surface area contributed by atoms with Crippen LogP contribution in [-0.4, -0.2) is 29.9 Å². The van der Waals surface area contributed by atoms with Crippen molar-refractivity contribution in [2.24, 2.45) is 0 Å². The zero-order valence-electron chi connectivity index (χ0n) is 30.3. The van der Waals surface area contributed by atoms with Crippen LogP contribution in [-0.2, 0) is 0 Å². The number of aromatic nitrogens is 6. The van der Waals surface area contributed by atoms with Crippen molar-refractivity contribution >= 4 is 27.6 Å². The maximum Gasteiger partial charge on any atom is 0.188 e. The molecular weight excluding hydrogens is 703 g/mol. The van der Waals surface area contributed by atoms with Gasteiger partial charge in [0.05, 0.1) is 6.57 Å². The molecule has 0 atom stereocenters. The third kappa shape index (κ3) is 6.56. The number of hydrogen-bond acceptors (Lipinski definition) is 7. The van der Waals surface area contributed by atoms with Gasteiger partial charge in [-0.15, -0.1) is 0 Å². The van der Waals surface area contributed by atoms with Gasteiger partial charge in [0.1, 0.15) is 11.2 Å². The predicted molar refractivity (Wildman–Crippen MR) is 225 cm³/mol. The molecule has 57 heavy (non-hydrogen) atoms. The van der Waals surface area contributed by atoms with Crippen molar-refractivity contribution in [3.63, 3.8) is 0 Å². The summed E-state index contributed by atoms with van der Waals surface area (Å²) < 4.78 is 6.44. The summed E-state index contributed by atoms with van der Waals surface area (Å²) >= 11 is 0. The van der Waals surface area contributed by atoms with Gasteiger partial charge in [-0.25, -0.2) is 34.7 Å². The van der Waals surface area contributed by atoms with Gasteiger partial charge in [-0.2, -0.15) is 0 Å². The molecule has 3 heterocycles. The molecule has 0 aliphatic carbocycles. The third-order valence-electron chi connectivity index (χ3n) is 9.77. The Balaban J connectivity index is 1.06. The van der Waals surface area contributed by atoms with Crippen molar-refractivity contribution < 1.29 is 4.42 Å². The number of rotatable bonds is 7. The highest BCUT2D eigenvalue weighted by Gasteiger charge is 2.17.